The molecule has 1 saturated heterocycles. The van der Waals surface area contributed by atoms with E-state index in [2.05, 4.69) is 51.2 Å². The molecule has 238 valence electrons. The van der Waals surface area contributed by atoms with Crippen molar-refractivity contribution in [3.63, 3.8) is 0 Å². The lowest BCUT2D eigenvalue weighted by atomic mass is 9.89. The van der Waals surface area contributed by atoms with Crippen LogP contribution in [0.1, 0.15) is 45.1 Å². The van der Waals surface area contributed by atoms with Crippen LogP contribution >= 0.6 is 15.9 Å². The van der Waals surface area contributed by atoms with Gasteiger partial charge in [-0.05, 0) is 85.3 Å². The number of piperidine rings is 1. The molecule has 4 aromatic rings. The van der Waals surface area contributed by atoms with Crippen LogP contribution in [0.5, 0.6) is 5.75 Å². The lowest BCUT2D eigenvalue weighted by molar-refractivity contribution is 0.0204. The molecule has 1 amide bonds. The Morgan fingerprint density at radius 2 is 1.73 bits per heavy atom. The molecule has 0 saturated carbocycles. The predicted octanol–water partition coefficient (Wildman–Crippen LogP) is 6.16. The highest BCUT2D eigenvalue weighted by molar-refractivity contribution is 9.10. The number of fused-ring (bicyclic) bond motifs is 1. The average molecular weight is 700 g/mol. The molecule has 5 rings (SSSR count). The summed E-state index contributed by atoms with van der Waals surface area (Å²) in [4.78, 5) is 31.8. The van der Waals surface area contributed by atoms with Crippen molar-refractivity contribution in [1.29, 1.82) is 0 Å². The van der Waals surface area contributed by atoms with Crippen LogP contribution in [0.4, 0.5) is 33.6 Å². The summed E-state index contributed by atoms with van der Waals surface area (Å²) in [5.74, 6) is 1.57. The third kappa shape index (κ3) is 8.08. The number of likely N-dealkylation sites (tertiary alicyclic amines) is 1. The molecule has 0 unspecified atom stereocenters. The number of amides is 1. The number of carbonyl (C=O) groups excluding carboxylic acids is 1. The first-order chi connectivity index (χ1) is 21.3. The smallest absolute Gasteiger partial charge is 0.410 e. The first-order valence-electron chi connectivity index (χ1n) is 14.2. The molecule has 1 fully saturated rings. The van der Waals surface area contributed by atoms with Gasteiger partial charge < -0.3 is 25.0 Å². The van der Waals surface area contributed by atoms with Gasteiger partial charge in [0.05, 0.1) is 40.4 Å². The van der Waals surface area contributed by atoms with E-state index in [0.29, 0.717) is 51.5 Å². The molecule has 0 bridgehead atoms. The zero-order chi connectivity index (χ0) is 32.4. The molecule has 0 atom stereocenters. The Labute approximate surface area is 270 Å². The maximum Gasteiger partial charge on any atom is 0.410 e. The number of halogens is 1. The maximum absolute atomic E-state index is 12.5. The Kier molecular flexibility index (Phi) is 9.30. The molecule has 1 aliphatic rings. The van der Waals surface area contributed by atoms with Gasteiger partial charge in [0, 0.05) is 31.7 Å². The van der Waals surface area contributed by atoms with Crippen molar-refractivity contribution in [2.75, 3.05) is 41.8 Å². The van der Waals surface area contributed by atoms with Crippen molar-refractivity contribution >= 4 is 71.9 Å². The number of nitrogens with zero attached hydrogens (tertiary/aromatic N) is 5. The molecule has 0 radical (unpaired) electrons. The van der Waals surface area contributed by atoms with E-state index >= 15 is 0 Å². The summed E-state index contributed by atoms with van der Waals surface area (Å²) in [6.07, 6.45) is 7.04. The lowest BCUT2D eigenvalue weighted by Crippen LogP contribution is -2.41. The maximum atomic E-state index is 12.5. The van der Waals surface area contributed by atoms with Gasteiger partial charge in [0.25, 0.3) is 0 Å². The summed E-state index contributed by atoms with van der Waals surface area (Å²) < 4.78 is 38.7. The van der Waals surface area contributed by atoms with Crippen molar-refractivity contribution in [2.24, 2.45) is 0 Å². The number of carbonyl (C=O) groups is 1. The highest BCUT2D eigenvalue weighted by Crippen LogP contribution is 2.37. The minimum absolute atomic E-state index is 0.248. The number of hydrogen-bond donors (Lipinski definition) is 3. The van der Waals surface area contributed by atoms with E-state index in [1.807, 2.05) is 39.0 Å². The van der Waals surface area contributed by atoms with Crippen molar-refractivity contribution in [3.05, 3.63) is 59.0 Å². The molecular weight excluding hydrogens is 664 g/mol. The van der Waals surface area contributed by atoms with Crippen molar-refractivity contribution < 1.29 is 22.7 Å². The minimum atomic E-state index is -3.63. The number of ether oxygens (including phenoxy) is 2. The van der Waals surface area contributed by atoms with Crippen LogP contribution in [-0.2, 0) is 14.8 Å². The van der Waals surface area contributed by atoms with Crippen LogP contribution in [0.2, 0.25) is 0 Å². The van der Waals surface area contributed by atoms with Gasteiger partial charge in [-0.1, -0.05) is 6.07 Å². The topological polar surface area (TPSA) is 161 Å². The van der Waals surface area contributed by atoms with Crippen molar-refractivity contribution in [3.8, 4) is 5.75 Å². The Bertz CT molecular complexity index is 1830. The summed E-state index contributed by atoms with van der Waals surface area (Å²) in [7, 11) is -2.03. The third-order valence-electron chi connectivity index (χ3n) is 7.02. The molecule has 0 spiro atoms. The number of anilines is 5. The van der Waals surface area contributed by atoms with Crippen molar-refractivity contribution in [1.82, 2.24) is 24.8 Å². The second-order valence-corrected chi connectivity index (χ2v) is 14.2. The number of rotatable bonds is 8. The Morgan fingerprint density at radius 1 is 1.02 bits per heavy atom. The normalized spacial score (nSPS) is 14.2. The average Bonchev–Trinajstić information content (AvgIpc) is 2.98. The van der Waals surface area contributed by atoms with Crippen LogP contribution in [0.3, 0.4) is 0 Å². The second-order valence-electron chi connectivity index (χ2n) is 11.6. The molecule has 15 heteroatoms. The van der Waals surface area contributed by atoms with Gasteiger partial charge in [-0.2, -0.15) is 4.98 Å². The number of hydrogen-bond acceptors (Lipinski definition) is 11. The van der Waals surface area contributed by atoms with E-state index in [-0.39, 0.29) is 23.6 Å². The highest BCUT2D eigenvalue weighted by atomic mass is 79.9. The van der Waals surface area contributed by atoms with Crippen LogP contribution in [0.25, 0.3) is 11.0 Å². The zero-order valence-corrected chi connectivity index (χ0v) is 28.0. The van der Waals surface area contributed by atoms with E-state index in [1.54, 1.807) is 30.3 Å². The third-order valence-corrected chi connectivity index (χ3v) is 8.17. The fourth-order valence-electron chi connectivity index (χ4n) is 4.98. The van der Waals surface area contributed by atoms with Gasteiger partial charge in [0.2, 0.25) is 16.0 Å². The Hall–Kier alpha value is -4.24. The number of nitrogens with one attached hydrogen (secondary N) is 3. The highest BCUT2D eigenvalue weighted by Gasteiger charge is 2.28. The molecule has 13 nitrogen and oxygen atoms in total. The second kappa shape index (κ2) is 13.0. The van der Waals surface area contributed by atoms with E-state index in [0.717, 1.165) is 24.7 Å². The van der Waals surface area contributed by atoms with Gasteiger partial charge in [0.15, 0.2) is 0 Å². The molecule has 1 aliphatic heterocycles. The van der Waals surface area contributed by atoms with E-state index in [4.69, 9.17) is 9.47 Å². The predicted molar refractivity (Wildman–Crippen MR) is 177 cm³/mol. The van der Waals surface area contributed by atoms with Gasteiger partial charge in [-0.15, -0.1) is 0 Å². The van der Waals surface area contributed by atoms with Gasteiger partial charge in [0.1, 0.15) is 22.7 Å². The molecule has 2 aromatic carbocycles. The summed E-state index contributed by atoms with van der Waals surface area (Å²) in [5.41, 5.74) is 2.85. The summed E-state index contributed by atoms with van der Waals surface area (Å²) in [6, 6.07) is 9.39. The quantitative estimate of drug-likeness (QED) is 0.193. The fraction of sp³-hybridized carbons (Fsp3) is 0.367. The minimum Gasteiger partial charge on any atom is -0.495 e. The van der Waals surface area contributed by atoms with E-state index < -0.39 is 15.6 Å². The molecule has 3 heterocycles. The van der Waals surface area contributed by atoms with Gasteiger partial charge in [-0.25, -0.2) is 18.2 Å². The summed E-state index contributed by atoms with van der Waals surface area (Å²) >= 11 is 3.48. The summed E-state index contributed by atoms with van der Waals surface area (Å²) in [6.45, 7) is 6.84. The van der Waals surface area contributed by atoms with Crippen LogP contribution in [-0.4, -0.2) is 71.4 Å². The SMILES string of the molecule is COc1cc(C2CCN(C(=O)OC(C)(C)C)CC2)ccc1Nc1ncc(Br)c(Nc2ccc3nccnc3c2NS(C)(=O)=O)n1. The largest absolute Gasteiger partial charge is 0.495 e. The molecule has 2 aromatic heterocycles. The number of aromatic nitrogens is 4. The molecule has 45 heavy (non-hydrogen) atoms. The summed E-state index contributed by atoms with van der Waals surface area (Å²) in [5, 5.41) is 6.41. The lowest BCUT2D eigenvalue weighted by Gasteiger charge is -2.33. The fourth-order valence-corrected chi connectivity index (χ4v) is 5.85. The number of methoxy groups -OCH3 is 1. The Balaban J connectivity index is 1.33. The monoisotopic (exact) mass is 698 g/mol. The first kappa shape index (κ1) is 32.2. The van der Waals surface area contributed by atoms with Crippen LogP contribution in [0, 0.1) is 0 Å². The van der Waals surface area contributed by atoms with E-state index in [9.17, 15) is 13.2 Å². The molecule has 3 N–H and O–H groups in total. The first-order valence-corrected chi connectivity index (χ1v) is 16.9. The number of benzene rings is 2. The molecule has 0 aliphatic carbocycles. The zero-order valence-electron chi connectivity index (χ0n) is 25.6. The Morgan fingerprint density at radius 3 is 2.42 bits per heavy atom. The number of sulfonamides is 1. The van der Waals surface area contributed by atoms with Gasteiger partial charge in [-0.3, -0.25) is 14.7 Å². The van der Waals surface area contributed by atoms with Gasteiger partial charge >= 0.3 is 6.09 Å². The standard InChI is InChI=1S/C30H35BrN8O5S/c1-30(2,3)44-29(40)39-14-10-18(11-15-39)19-6-7-21(24(16-19)43-4)36-28-34-17-20(31)27(37-28)35-23-9-8-22-25(33-13-12-32-22)26(23)38-45(5,41)42/h6-9,12-13,16-18,38H,10-11,14-15H2,1-5H3,(H2,34,35,36,37). The molecular formula is C30H35BrN8O5S. The van der Waals surface area contributed by atoms with Crippen LogP contribution in [0.15, 0.2) is 53.4 Å². The van der Waals surface area contributed by atoms with Crippen LogP contribution < -0.4 is 20.1 Å². The van der Waals surface area contributed by atoms with Crippen molar-refractivity contribution in [2.45, 2.75) is 45.1 Å². The van der Waals surface area contributed by atoms with E-state index in [1.165, 1.54) is 12.4 Å².